The van der Waals surface area contributed by atoms with Gasteiger partial charge in [0.1, 0.15) is 0 Å². The normalized spacial score (nSPS) is 12.2. The minimum absolute atomic E-state index is 0. The highest BCUT2D eigenvalue weighted by Crippen LogP contribution is 2.36. The summed E-state index contributed by atoms with van der Waals surface area (Å²) in [6, 6.07) is 7.74. The Hall–Kier alpha value is -3.87. The molecule has 0 aliphatic carbocycles. The van der Waals surface area contributed by atoms with Gasteiger partial charge < -0.3 is 22.5 Å². The van der Waals surface area contributed by atoms with Gasteiger partial charge >= 0.3 is 24.0 Å². The minimum Gasteiger partial charge on any atom is -1.00 e. The molecule has 1 N–H and O–H groups in total. The van der Waals surface area contributed by atoms with Gasteiger partial charge in [0, 0.05) is 23.5 Å². The molecule has 0 radical (unpaired) electrons. The number of alkyl halides is 6. The molecule has 0 amide bonds. The summed E-state index contributed by atoms with van der Waals surface area (Å²) in [5.74, 6) is -0.259. The first kappa shape index (κ1) is 29.7. The van der Waals surface area contributed by atoms with Crippen molar-refractivity contribution in [2.75, 3.05) is 5.32 Å². The summed E-state index contributed by atoms with van der Waals surface area (Å²) in [4.78, 5) is 16.2. The van der Waals surface area contributed by atoms with Crippen LogP contribution in [0.25, 0.3) is 16.9 Å². The Morgan fingerprint density at radius 1 is 1.03 bits per heavy atom. The van der Waals surface area contributed by atoms with Gasteiger partial charge in [-0.2, -0.15) is 30.9 Å². The zero-order valence-corrected chi connectivity index (χ0v) is 21.5. The molecule has 0 unspecified atom stereocenters. The van der Waals surface area contributed by atoms with Gasteiger partial charge in [0.2, 0.25) is 6.73 Å². The lowest BCUT2D eigenvalue weighted by atomic mass is 9.98. The highest BCUT2D eigenvalue weighted by atomic mass is 35.5. The lowest BCUT2D eigenvalue weighted by Crippen LogP contribution is -3.00. The zero-order chi connectivity index (χ0) is 27.9. The van der Waals surface area contributed by atoms with E-state index in [4.69, 9.17) is 4.74 Å². The number of esters is 1. The molecule has 1 aromatic carbocycles. The van der Waals surface area contributed by atoms with Crippen molar-refractivity contribution >= 4 is 23.1 Å². The second kappa shape index (κ2) is 10.7. The van der Waals surface area contributed by atoms with Gasteiger partial charge in [0.05, 0.1) is 28.4 Å². The van der Waals surface area contributed by atoms with Gasteiger partial charge in [-0.15, -0.1) is 0 Å². The summed E-state index contributed by atoms with van der Waals surface area (Å²) >= 11 is 0. The van der Waals surface area contributed by atoms with Crippen LogP contribution in [0.3, 0.4) is 0 Å². The lowest BCUT2D eigenvalue weighted by Gasteiger charge is -2.15. The third-order valence-electron chi connectivity index (χ3n) is 5.43. The van der Waals surface area contributed by atoms with Crippen LogP contribution in [0.2, 0.25) is 0 Å². The first-order valence-electron chi connectivity index (χ1n) is 11.2. The molecule has 0 bridgehead atoms. The quantitative estimate of drug-likeness (QED) is 0.226. The molecular weight excluding hydrogens is 552 g/mol. The predicted molar refractivity (Wildman–Crippen MR) is 124 cm³/mol. The molecule has 4 rings (SSSR count). The number of rotatable bonds is 5. The predicted octanol–water partition coefficient (Wildman–Crippen LogP) is 3.02. The number of ether oxygens (including phenoxy) is 1. The number of carbonyl (C=O) groups excluding carboxylic acids is 1. The van der Waals surface area contributed by atoms with E-state index in [2.05, 4.69) is 15.4 Å². The highest BCUT2D eigenvalue weighted by Gasteiger charge is 2.35. The molecule has 0 saturated carbocycles. The fraction of sp³-hybridized carbons (Fsp3) is 0.280. The van der Waals surface area contributed by atoms with E-state index in [1.54, 1.807) is 20.8 Å². The van der Waals surface area contributed by atoms with E-state index in [1.165, 1.54) is 51.9 Å². The number of hydrogen-bond donors (Lipinski definition) is 1. The van der Waals surface area contributed by atoms with E-state index in [9.17, 15) is 31.1 Å². The summed E-state index contributed by atoms with van der Waals surface area (Å²) in [6.07, 6.45) is -5.27. The van der Waals surface area contributed by atoms with Gasteiger partial charge in [0.25, 0.3) is 5.82 Å². The van der Waals surface area contributed by atoms with E-state index >= 15 is 0 Å². The summed E-state index contributed by atoms with van der Waals surface area (Å²) in [5.41, 5.74) is -2.34. The molecule has 0 aliphatic rings. The van der Waals surface area contributed by atoms with Crippen molar-refractivity contribution < 1.29 is 52.8 Å². The van der Waals surface area contributed by atoms with Gasteiger partial charge in [-0.05, 0) is 57.2 Å². The molecule has 3 heterocycles. The Morgan fingerprint density at radius 2 is 1.69 bits per heavy atom. The topological polar surface area (TPSA) is 72.4 Å². The number of pyridine rings is 1. The van der Waals surface area contributed by atoms with E-state index in [1.807, 2.05) is 0 Å². The van der Waals surface area contributed by atoms with Crippen LogP contribution >= 0.6 is 0 Å². The fourth-order valence-electron chi connectivity index (χ4n) is 3.49. The monoisotopic (exact) mass is 573 g/mol. The molecule has 4 aromatic rings. The Kier molecular flexibility index (Phi) is 8.15. The van der Waals surface area contributed by atoms with Gasteiger partial charge in [-0.1, -0.05) is 9.61 Å². The second-order valence-electron chi connectivity index (χ2n) is 9.41. The van der Waals surface area contributed by atoms with Gasteiger partial charge in [-0.3, -0.25) is 9.78 Å². The van der Waals surface area contributed by atoms with Crippen molar-refractivity contribution in [3.05, 3.63) is 72.2 Å². The Morgan fingerprint density at radius 3 is 2.28 bits per heavy atom. The second-order valence-corrected chi connectivity index (χ2v) is 9.41. The Bertz CT molecular complexity index is 1480. The van der Waals surface area contributed by atoms with E-state index in [0.29, 0.717) is 5.69 Å². The molecule has 3 aromatic heterocycles. The molecule has 0 atom stereocenters. The molecular formula is C25H22ClF6N5O2. The maximum atomic E-state index is 13.6. The summed E-state index contributed by atoms with van der Waals surface area (Å²) in [6.45, 7) is 4.69. The summed E-state index contributed by atoms with van der Waals surface area (Å²) in [5, 5.41) is 7.17. The van der Waals surface area contributed by atoms with E-state index in [-0.39, 0.29) is 41.9 Å². The maximum absolute atomic E-state index is 13.6. The van der Waals surface area contributed by atoms with E-state index in [0.717, 1.165) is 18.2 Å². The number of anilines is 2. The SMILES string of the molecule is CC(C)(C)C(=O)OC[n+]1cc(Nc2ccc(C(F)(F)F)cc2)n2ncc(-c3ncccc3C(F)(F)F)cc21.[Cl-]. The number of nitrogens with one attached hydrogen (secondary N) is 1. The first-order chi connectivity index (χ1) is 17.6. The number of fused-ring (bicyclic) bond motifs is 1. The summed E-state index contributed by atoms with van der Waals surface area (Å²) < 4.78 is 87.6. The number of halogens is 7. The smallest absolute Gasteiger partial charge is 0.418 e. The third-order valence-corrected chi connectivity index (χ3v) is 5.43. The molecule has 0 fully saturated rings. The standard InChI is InChI=1S/C25H22F6N5O2.ClH/c1-23(2,3)22(37)38-14-35-13-19(34-17-8-6-16(7-9-17)24(26,27)28)36-20(35)11-15(12-33-36)21-18(25(29,30)31)5-4-10-32-21;/h4-13,34H,14H2,1-3H3;1H/q+1;/p-1. The molecule has 39 heavy (non-hydrogen) atoms. The van der Waals surface area contributed by atoms with Crippen LogP contribution in [0.4, 0.5) is 37.8 Å². The summed E-state index contributed by atoms with van der Waals surface area (Å²) in [7, 11) is 0. The van der Waals surface area contributed by atoms with Gasteiger partial charge in [-0.25, -0.2) is 0 Å². The van der Waals surface area contributed by atoms with Crippen molar-refractivity contribution in [3.8, 4) is 11.3 Å². The first-order valence-corrected chi connectivity index (χ1v) is 11.2. The Balaban J connectivity index is 0.00000420. The van der Waals surface area contributed by atoms with Crippen LogP contribution in [0.5, 0.6) is 0 Å². The van der Waals surface area contributed by atoms with Crippen LogP contribution in [0.1, 0.15) is 31.9 Å². The van der Waals surface area contributed by atoms with Crippen molar-refractivity contribution in [2.24, 2.45) is 5.41 Å². The number of hydrogen-bond acceptors (Lipinski definition) is 5. The molecule has 14 heteroatoms. The number of nitrogens with zero attached hydrogens (tertiary/aromatic N) is 4. The van der Waals surface area contributed by atoms with Crippen LogP contribution in [-0.4, -0.2) is 20.6 Å². The van der Waals surface area contributed by atoms with Gasteiger partial charge in [0.15, 0.2) is 6.20 Å². The molecule has 7 nitrogen and oxygen atoms in total. The molecule has 208 valence electrons. The average molecular weight is 574 g/mol. The zero-order valence-electron chi connectivity index (χ0n) is 20.7. The molecule has 0 spiro atoms. The van der Waals surface area contributed by atoms with Crippen LogP contribution in [0, 0.1) is 5.41 Å². The third kappa shape index (κ3) is 6.59. The Labute approximate surface area is 224 Å². The van der Waals surface area contributed by atoms with Crippen molar-refractivity contribution in [2.45, 2.75) is 39.9 Å². The largest absolute Gasteiger partial charge is 1.00 e. The van der Waals surface area contributed by atoms with Crippen molar-refractivity contribution in [1.82, 2.24) is 14.6 Å². The number of carbonyl (C=O) groups is 1. The highest BCUT2D eigenvalue weighted by molar-refractivity contribution is 5.75. The van der Waals surface area contributed by atoms with E-state index < -0.39 is 34.9 Å². The fourth-order valence-corrected chi connectivity index (χ4v) is 3.49. The minimum atomic E-state index is -4.66. The average Bonchev–Trinajstić information content (AvgIpc) is 3.17. The number of imidazole rings is 1. The van der Waals surface area contributed by atoms with Crippen LogP contribution < -0.4 is 22.3 Å². The molecule has 0 saturated heterocycles. The van der Waals surface area contributed by atoms with Crippen LogP contribution in [-0.2, 0) is 28.6 Å². The van der Waals surface area contributed by atoms with Crippen molar-refractivity contribution in [3.63, 3.8) is 0 Å². The van der Waals surface area contributed by atoms with Crippen LogP contribution in [0.15, 0.2) is 61.1 Å². The lowest BCUT2D eigenvalue weighted by molar-refractivity contribution is -0.703. The van der Waals surface area contributed by atoms with Crippen molar-refractivity contribution in [1.29, 1.82) is 0 Å². The number of benzene rings is 1. The maximum Gasteiger partial charge on any atom is 0.418 e. The number of aromatic nitrogens is 4. The molecule has 0 aliphatic heterocycles.